The molecule has 3 aliphatic rings. The van der Waals surface area contributed by atoms with E-state index in [1.54, 1.807) is 36.8 Å². The van der Waals surface area contributed by atoms with Gasteiger partial charge in [-0.05, 0) is 55.1 Å². The summed E-state index contributed by atoms with van der Waals surface area (Å²) in [7, 11) is 1.55. The summed E-state index contributed by atoms with van der Waals surface area (Å²) in [6.45, 7) is 15.0. The van der Waals surface area contributed by atoms with Crippen LogP contribution < -0.4 is 25.4 Å². The molecule has 1 saturated heterocycles. The maximum absolute atomic E-state index is 14.6. The smallest absolute Gasteiger partial charge is 0.408 e. The standard InChI is InChI=1S/C42H54N6O9S/c1-9-23-19-42(23,38(52)53)47-35(50)30-17-26(21-48(30)37(51)34(41(5,6)7)46-39(54)57-24-12-10-11-13-24)56-31-18-29(43-28-16-25(55-8)14-15-27(28)31)36-45-32(22-58-36)44-33(49)20-40(2,3)4/h9,14-16,18,22-24,26,30,34H,1,10-13,17,19-21H2,2-8H3,(H,44,49)(H,46,54)(H,47,50)(H,52,53)/t23-,26-,30+,34-,42-/m1/s1. The zero-order valence-electron chi connectivity index (χ0n) is 34.2. The number of carboxylic acid groups (broad SMARTS) is 1. The van der Waals surface area contributed by atoms with E-state index in [9.17, 15) is 29.1 Å². The van der Waals surface area contributed by atoms with Crippen molar-refractivity contribution >= 4 is 57.8 Å². The van der Waals surface area contributed by atoms with Crippen molar-refractivity contribution in [1.29, 1.82) is 0 Å². The third-order valence-corrected chi connectivity index (χ3v) is 11.6. The predicted molar refractivity (Wildman–Crippen MR) is 219 cm³/mol. The van der Waals surface area contributed by atoms with Gasteiger partial charge < -0.3 is 40.2 Å². The van der Waals surface area contributed by atoms with Crippen LogP contribution in [0, 0.1) is 16.7 Å². The van der Waals surface area contributed by atoms with Crippen molar-refractivity contribution in [1.82, 2.24) is 25.5 Å². The average Bonchev–Trinajstić information content (AvgIpc) is 3.55. The SMILES string of the molecule is C=C[C@@H]1C[C@]1(NC(=O)[C@@H]1C[C@@H](Oc2cc(-c3nc(NC(=O)CC(C)(C)C)cs3)nc3cc(OC)ccc23)CN1C(=O)[C@@H](NC(=O)OC1CCCC1)C(C)(C)C)C(=O)O. The van der Waals surface area contributed by atoms with Crippen molar-refractivity contribution in [2.75, 3.05) is 19.0 Å². The number of hydrogen-bond donors (Lipinski definition) is 4. The fourth-order valence-electron chi connectivity index (χ4n) is 7.62. The van der Waals surface area contributed by atoms with Gasteiger partial charge in [-0.15, -0.1) is 17.9 Å². The summed E-state index contributed by atoms with van der Waals surface area (Å²) in [5.41, 5.74) is -1.54. The number of anilines is 1. The molecule has 0 radical (unpaired) electrons. The fourth-order valence-corrected chi connectivity index (χ4v) is 8.34. The summed E-state index contributed by atoms with van der Waals surface area (Å²) in [6, 6.07) is 4.83. The topological polar surface area (TPSA) is 198 Å². The maximum atomic E-state index is 14.6. The molecule has 4 N–H and O–H groups in total. The van der Waals surface area contributed by atoms with Crippen LogP contribution in [0.25, 0.3) is 21.6 Å². The highest BCUT2D eigenvalue weighted by Crippen LogP contribution is 2.45. The van der Waals surface area contributed by atoms with Crippen LogP contribution >= 0.6 is 11.3 Å². The average molecular weight is 819 g/mol. The maximum Gasteiger partial charge on any atom is 0.408 e. The van der Waals surface area contributed by atoms with Gasteiger partial charge in [0.15, 0.2) is 0 Å². The second kappa shape index (κ2) is 16.5. The van der Waals surface area contributed by atoms with Crippen molar-refractivity contribution in [3.05, 3.63) is 42.3 Å². The lowest BCUT2D eigenvalue weighted by molar-refractivity contribution is -0.146. The first-order chi connectivity index (χ1) is 27.3. The van der Waals surface area contributed by atoms with E-state index in [-0.39, 0.29) is 36.8 Å². The van der Waals surface area contributed by atoms with Crippen LogP contribution in [0.15, 0.2) is 42.3 Å². The Morgan fingerprint density at radius 2 is 1.79 bits per heavy atom. The van der Waals surface area contributed by atoms with Gasteiger partial charge in [0.25, 0.3) is 0 Å². The Hall–Kier alpha value is -5.25. The van der Waals surface area contributed by atoms with E-state index in [1.807, 2.05) is 41.5 Å². The highest BCUT2D eigenvalue weighted by molar-refractivity contribution is 7.13. The van der Waals surface area contributed by atoms with Gasteiger partial charge in [0.05, 0.1) is 19.2 Å². The van der Waals surface area contributed by atoms with Crippen LogP contribution in [0.3, 0.4) is 0 Å². The number of carboxylic acids is 1. The third-order valence-electron chi connectivity index (χ3n) is 10.8. The van der Waals surface area contributed by atoms with E-state index in [4.69, 9.17) is 19.2 Å². The van der Waals surface area contributed by atoms with Crippen LogP contribution in [-0.4, -0.2) is 93.2 Å². The van der Waals surface area contributed by atoms with Gasteiger partial charge in [-0.1, -0.05) is 47.6 Å². The molecule has 2 aromatic heterocycles. The number of benzene rings is 1. The Morgan fingerprint density at radius 1 is 1.07 bits per heavy atom. The lowest BCUT2D eigenvalue weighted by Gasteiger charge is -2.35. The summed E-state index contributed by atoms with van der Waals surface area (Å²) >= 11 is 1.30. The number of fused-ring (bicyclic) bond motifs is 1. The van der Waals surface area contributed by atoms with Crippen LogP contribution in [0.5, 0.6) is 11.5 Å². The monoisotopic (exact) mass is 818 g/mol. The Balaban J connectivity index is 1.31. The molecule has 1 aliphatic heterocycles. The van der Waals surface area contributed by atoms with Crippen LogP contribution in [-0.2, 0) is 23.9 Å². The van der Waals surface area contributed by atoms with E-state index < -0.39 is 58.9 Å². The first-order valence-electron chi connectivity index (χ1n) is 19.7. The highest BCUT2D eigenvalue weighted by Gasteiger charge is 2.61. The van der Waals surface area contributed by atoms with Crippen molar-refractivity contribution in [2.45, 2.75) is 116 Å². The zero-order valence-corrected chi connectivity index (χ0v) is 35.0. The second-order valence-electron chi connectivity index (χ2n) is 17.8. The van der Waals surface area contributed by atoms with Gasteiger partial charge in [0.1, 0.15) is 57.8 Å². The molecule has 0 unspecified atom stereocenters. The number of rotatable bonds is 13. The molecule has 58 heavy (non-hydrogen) atoms. The molecule has 4 amide bonds. The number of ether oxygens (including phenoxy) is 3. The van der Waals surface area contributed by atoms with Gasteiger partial charge in [-0.3, -0.25) is 14.4 Å². The lowest BCUT2D eigenvalue weighted by Crippen LogP contribution is -2.59. The van der Waals surface area contributed by atoms with E-state index >= 15 is 0 Å². The number of carbonyl (C=O) groups excluding carboxylic acids is 4. The molecule has 15 nitrogen and oxygen atoms in total. The van der Waals surface area contributed by atoms with E-state index in [0.29, 0.717) is 45.3 Å². The summed E-state index contributed by atoms with van der Waals surface area (Å²) in [5.74, 6) is -1.65. The molecule has 16 heteroatoms. The number of likely N-dealkylation sites (tertiary alicyclic amines) is 1. The highest BCUT2D eigenvalue weighted by atomic mass is 32.1. The van der Waals surface area contributed by atoms with Crippen molar-refractivity contribution < 1.29 is 43.3 Å². The Kier molecular flexibility index (Phi) is 12.1. The number of amides is 4. The number of nitrogens with zero attached hydrogens (tertiary/aromatic N) is 3. The molecular formula is C42H54N6O9S. The van der Waals surface area contributed by atoms with Crippen LogP contribution in [0.2, 0.25) is 0 Å². The number of aliphatic carboxylic acids is 1. The lowest BCUT2D eigenvalue weighted by atomic mass is 9.85. The Bertz CT molecular complexity index is 2080. The van der Waals surface area contributed by atoms with Crippen LogP contribution in [0.4, 0.5) is 10.6 Å². The third kappa shape index (κ3) is 9.54. The molecule has 3 fully saturated rings. The quantitative estimate of drug-likeness (QED) is 0.141. The van der Waals surface area contributed by atoms with E-state index in [2.05, 4.69) is 27.5 Å². The minimum atomic E-state index is -1.53. The number of hydrogen-bond acceptors (Lipinski definition) is 11. The van der Waals surface area contributed by atoms with Crippen LogP contribution in [0.1, 0.15) is 86.5 Å². The second-order valence-corrected chi connectivity index (χ2v) is 18.6. The van der Waals surface area contributed by atoms with E-state index in [1.165, 1.54) is 22.3 Å². The first-order valence-corrected chi connectivity index (χ1v) is 20.5. The number of alkyl carbamates (subject to hydrolysis) is 1. The molecule has 2 saturated carbocycles. The van der Waals surface area contributed by atoms with Gasteiger partial charge >= 0.3 is 12.1 Å². The normalized spacial score (nSPS) is 22.5. The summed E-state index contributed by atoms with van der Waals surface area (Å²) in [6.07, 6.45) is 3.73. The number of methoxy groups -OCH3 is 1. The number of aromatic nitrogens is 2. The molecule has 3 aromatic rings. The minimum Gasteiger partial charge on any atom is -0.497 e. The van der Waals surface area contributed by atoms with Gasteiger partial charge in [0, 0.05) is 41.7 Å². The van der Waals surface area contributed by atoms with E-state index in [0.717, 1.165) is 25.7 Å². The number of thiazole rings is 1. The van der Waals surface area contributed by atoms with Gasteiger partial charge in [0.2, 0.25) is 17.7 Å². The van der Waals surface area contributed by atoms with Gasteiger partial charge in [-0.2, -0.15) is 0 Å². The number of nitrogens with one attached hydrogen (secondary N) is 3. The molecule has 0 bridgehead atoms. The van der Waals surface area contributed by atoms with Crippen molar-refractivity contribution in [2.24, 2.45) is 16.7 Å². The van der Waals surface area contributed by atoms with Crippen molar-refractivity contribution in [3.8, 4) is 22.2 Å². The largest absolute Gasteiger partial charge is 0.497 e. The predicted octanol–water partition coefficient (Wildman–Crippen LogP) is 6.32. The summed E-state index contributed by atoms with van der Waals surface area (Å²) in [4.78, 5) is 77.8. The first kappa shape index (κ1) is 42.4. The molecule has 0 spiro atoms. The Labute approximate surface area is 342 Å². The minimum absolute atomic E-state index is 0.0198. The molecule has 5 atom stereocenters. The molecule has 6 rings (SSSR count). The Morgan fingerprint density at radius 3 is 2.41 bits per heavy atom. The molecular weight excluding hydrogens is 765 g/mol. The molecule has 2 aliphatic carbocycles. The number of carbonyl (C=O) groups is 5. The van der Waals surface area contributed by atoms with Gasteiger partial charge in [-0.25, -0.2) is 19.6 Å². The molecule has 3 heterocycles. The molecule has 1 aromatic carbocycles. The summed E-state index contributed by atoms with van der Waals surface area (Å²) < 4.78 is 17.8. The van der Waals surface area contributed by atoms with Crippen molar-refractivity contribution in [3.63, 3.8) is 0 Å². The number of pyridine rings is 1. The fraction of sp³-hybridized carbons (Fsp3) is 0.548. The zero-order chi connectivity index (χ0) is 42.2. The molecule has 312 valence electrons. The summed E-state index contributed by atoms with van der Waals surface area (Å²) in [5, 5.41) is 21.4.